The Kier molecular flexibility index (Phi) is 5.00. The molecule has 0 aromatic heterocycles. The van der Waals surface area contributed by atoms with Gasteiger partial charge in [0.2, 0.25) is 0 Å². The van der Waals surface area contributed by atoms with Crippen molar-refractivity contribution in [3.63, 3.8) is 0 Å². The zero-order valence-corrected chi connectivity index (χ0v) is 12.9. The Morgan fingerprint density at radius 3 is 1.75 bits per heavy atom. The molecule has 0 bridgehead atoms. The van der Waals surface area contributed by atoms with Crippen LogP contribution in [0, 0.1) is 6.07 Å². The third-order valence-electron chi connectivity index (χ3n) is 3.79. The lowest BCUT2D eigenvalue weighted by molar-refractivity contribution is 0.590. The van der Waals surface area contributed by atoms with E-state index in [-0.39, 0.29) is 5.41 Å². The maximum atomic E-state index is 3.07. The van der Waals surface area contributed by atoms with Crippen molar-refractivity contribution in [2.75, 3.05) is 0 Å². The van der Waals surface area contributed by atoms with Crippen molar-refractivity contribution in [3.05, 3.63) is 71.3 Å². The van der Waals surface area contributed by atoms with Gasteiger partial charge >= 0.3 is 0 Å². The van der Waals surface area contributed by atoms with E-state index in [1.165, 1.54) is 42.4 Å². The molecule has 0 nitrogen and oxygen atoms in total. The number of aryl methyl sites for hydroxylation is 2. The Bertz CT molecular complexity index is 500. The van der Waals surface area contributed by atoms with Gasteiger partial charge in [-0.2, -0.15) is 0 Å². The molecule has 2 rings (SSSR count). The van der Waals surface area contributed by atoms with E-state index in [0.717, 1.165) is 0 Å². The number of hydrogen-bond acceptors (Lipinski definition) is 0. The topological polar surface area (TPSA) is 0 Å². The summed E-state index contributed by atoms with van der Waals surface area (Å²) in [6.45, 7) is 6.79. The highest BCUT2D eigenvalue weighted by molar-refractivity contribution is 5.27. The molecule has 0 amide bonds. The fourth-order valence-electron chi connectivity index (χ4n) is 2.42. The van der Waals surface area contributed by atoms with Crippen LogP contribution in [0.25, 0.3) is 0 Å². The minimum atomic E-state index is 0.253. The first-order chi connectivity index (χ1) is 9.55. The molecule has 0 heteroatoms. The Morgan fingerprint density at radius 1 is 0.750 bits per heavy atom. The quantitative estimate of drug-likeness (QED) is 0.639. The van der Waals surface area contributed by atoms with Gasteiger partial charge in [-0.1, -0.05) is 69.3 Å². The lowest BCUT2D eigenvalue weighted by Crippen LogP contribution is -2.10. The Labute approximate surface area is 123 Å². The molecule has 0 spiro atoms. The maximum absolute atomic E-state index is 3.07. The molecule has 0 fully saturated rings. The van der Waals surface area contributed by atoms with Gasteiger partial charge in [-0.15, -0.1) is 0 Å². The van der Waals surface area contributed by atoms with E-state index in [0.29, 0.717) is 0 Å². The fraction of sp³-hybridized carbons (Fsp3) is 0.400. The summed E-state index contributed by atoms with van der Waals surface area (Å²) in [4.78, 5) is 0. The molecule has 0 N–H and O–H groups in total. The average molecular weight is 265 g/mol. The van der Waals surface area contributed by atoms with E-state index in [1.807, 2.05) is 12.1 Å². The van der Waals surface area contributed by atoms with Gasteiger partial charge < -0.3 is 0 Å². The molecule has 0 atom stereocenters. The summed E-state index contributed by atoms with van der Waals surface area (Å²) >= 11 is 0. The first-order valence-electron chi connectivity index (χ1n) is 7.60. The van der Waals surface area contributed by atoms with Crippen LogP contribution in [0.4, 0.5) is 0 Å². The molecule has 0 saturated heterocycles. The second-order valence-electron chi connectivity index (χ2n) is 6.56. The molecule has 0 aliphatic heterocycles. The van der Waals surface area contributed by atoms with E-state index in [2.05, 4.69) is 63.2 Å². The fourth-order valence-corrected chi connectivity index (χ4v) is 2.42. The lowest BCUT2D eigenvalue weighted by atomic mass is 9.86. The molecule has 0 saturated carbocycles. The maximum Gasteiger partial charge on any atom is -0.0132 e. The zero-order chi connectivity index (χ0) is 14.4. The van der Waals surface area contributed by atoms with Crippen molar-refractivity contribution in [1.82, 2.24) is 0 Å². The molecule has 105 valence electrons. The number of rotatable bonds is 5. The summed E-state index contributed by atoms with van der Waals surface area (Å²) < 4.78 is 0. The van der Waals surface area contributed by atoms with Crippen LogP contribution in [0.1, 0.15) is 50.3 Å². The molecular weight excluding hydrogens is 240 g/mol. The van der Waals surface area contributed by atoms with Crippen molar-refractivity contribution in [1.29, 1.82) is 0 Å². The summed E-state index contributed by atoms with van der Waals surface area (Å²) in [5.74, 6) is 0. The largest absolute Gasteiger partial charge is 0.0588 e. The SMILES string of the molecule is CC(C)(C)c1ccc(CCCCc2cc[c]cc2)cc1. The van der Waals surface area contributed by atoms with E-state index in [1.54, 1.807) is 0 Å². The Balaban J connectivity index is 1.77. The van der Waals surface area contributed by atoms with Gasteiger partial charge in [0.25, 0.3) is 0 Å². The number of unbranched alkanes of at least 4 members (excludes halogenated alkanes) is 1. The first-order valence-corrected chi connectivity index (χ1v) is 7.60. The van der Waals surface area contributed by atoms with Crippen LogP contribution >= 0.6 is 0 Å². The van der Waals surface area contributed by atoms with Crippen molar-refractivity contribution < 1.29 is 0 Å². The van der Waals surface area contributed by atoms with Crippen LogP contribution in [0.5, 0.6) is 0 Å². The second-order valence-corrected chi connectivity index (χ2v) is 6.56. The first kappa shape index (κ1) is 14.8. The average Bonchev–Trinajstić information content (AvgIpc) is 2.44. The molecule has 0 unspecified atom stereocenters. The van der Waals surface area contributed by atoms with Crippen molar-refractivity contribution in [2.45, 2.75) is 51.9 Å². The third-order valence-corrected chi connectivity index (χ3v) is 3.79. The van der Waals surface area contributed by atoms with E-state index in [9.17, 15) is 0 Å². The predicted octanol–water partition coefficient (Wildman–Crippen LogP) is 5.35. The molecule has 1 radical (unpaired) electrons. The molecule has 0 heterocycles. The van der Waals surface area contributed by atoms with Gasteiger partial charge in [0.15, 0.2) is 0 Å². The molecule has 2 aromatic rings. The van der Waals surface area contributed by atoms with Gasteiger partial charge in [0, 0.05) is 0 Å². The van der Waals surface area contributed by atoms with Crippen molar-refractivity contribution in [3.8, 4) is 0 Å². The van der Waals surface area contributed by atoms with Gasteiger partial charge in [0.05, 0.1) is 0 Å². The van der Waals surface area contributed by atoms with Crippen LogP contribution in [-0.4, -0.2) is 0 Å². The van der Waals surface area contributed by atoms with Crippen LogP contribution in [0.3, 0.4) is 0 Å². The summed E-state index contributed by atoms with van der Waals surface area (Å²) in [6.07, 6.45) is 4.87. The van der Waals surface area contributed by atoms with Crippen LogP contribution in [0.2, 0.25) is 0 Å². The van der Waals surface area contributed by atoms with E-state index < -0.39 is 0 Å². The van der Waals surface area contributed by atoms with Crippen molar-refractivity contribution >= 4 is 0 Å². The number of benzene rings is 2. The Morgan fingerprint density at radius 2 is 1.25 bits per heavy atom. The molecule has 0 aliphatic carbocycles. The second kappa shape index (κ2) is 6.74. The summed E-state index contributed by atoms with van der Waals surface area (Å²) in [5, 5.41) is 0. The minimum Gasteiger partial charge on any atom is -0.0588 e. The molecule has 20 heavy (non-hydrogen) atoms. The number of hydrogen-bond donors (Lipinski definition) is 0. The minimum absolute atomic E-state index is 0.253. The molecule has 0 aliphatic rings. The third kappa shape index (κ3) is 4.52. The highest BCUT2D eigenvalue weighted by Gasteiger charge is 2.12. The monoisotopic (exact) mass is 265 g/mol. The Hall–Kier alpha value is -1.56. The van der Waals surface area contributed by atoms with Crippen molar-refractivity contribution in [2.24, 2.45) is 0 Å². The van der Waals surface area contributed by atoms with E-state index in [4.69, 9.17) is 0 Å². The molecular formula is C20H25. The van der Waals surface area contributed by atoms with Gasteiger partial charge in [-0.25, -0.2) is 0 Å². The highest BCUT2D eigenvalue weighted by Crippen LogP contribution is 2.22. The molecule has 2 aromatic carbocycles. The standard InChI is InChI=1S/C20H25/c1-20(2,3)19-15-13-18(14-16-19)12-8-7-11-17-9-5-4-6-10-17/h5-6,9-10,13-16H,7-8,11-12H2,1-3H3. The highest BCUT2D eigenvalue weighted by atomic mass is 14.2. The summed E-state index contributed by atoms with van der Waals surface area (Å²) in [6, 6.07) is 20.5. The van der Waals surface area contributed by atoms with Gasteiger partial charge in [0.1, 0.15) is 0 Å². The normalized spacial score (nSPS) is 11.6. The van der Waals surface area contributed by atoms with Gasteiger partial charge in [-0.05, 0) is 53.9 Å². The predicted molar refractivity (Wildman–Crippen MR) is 87.1 cm³/mol. The summed E-state index contributed by atoms with van der Waals surface area (Å²) in [5.41, 5.74) is 4.55. The zero-order valence-electron chi connectivity index (χ0n) is 12.9. The van der Waals surface area contributed by atoms with Crippen LogP contribution in [0.15, 0.2) is 48.5 Å². The van der Waals surface area contributed by atoms with Gasteiger partial charge in [-0.3, -0.25) is 0 Å². The van der Waals surface area contributed by atoms with E-state index >= 15 is 0 Å². The lowest BCUT2D eigenvalue weighted by Gasteiger charge is -2.19. The summed E-state index contributed by atoms with van der Waals surface area (Å²) in [7, 11) is 0. The van der Waals surface area contributed by atoms with Crippen LogP contribution < -0.4 is 0 Å². The smallest absolute Gasteiger partial charge is 0.0132 e. The van der Waals surface area contributed by atoms with Crippen LogP contribution in [-0.2, 0) is 18.3 Å².